The van der Waals surface area contributed by atoms with Crippen molar-refractivity contribution in [2.24, 2.45) is 0 Å². The third-order valence-electron chi connectivity index (χ3n) is 5.92. The molecule has 1 N–H and O–H groups in total. The van der Waals surface area contributed by atoms with Crippen LogP contribution in [0.2, 0.25) is 0 Å². The number of nitrogens with one attached hydrogen (secondary N) is 1. The topological polar surface area (TPSA) is 76.2 Å². The highest BCUT2D eigenvalue weighted by Crippen LogP contribution is 2.29. The van der Waals surface area contributed by atoms with Crippen LogP contribution in [-0.2, 0) is 11.3 Å². The van der Waals surface area contributed by atoms with Crippen molar-refractivity contribution < 1.29 is 9.47 Å². The zero-order chi connectivity index (χ0) is 22.0. The van der Waals surface area contributed by atoms with Gasteiger partial charge in [0.15, 0.2) is 5.82 Å². The van der Waals surface area contributed by atoms with E-state index < -0.39 is 0 Å². The zero-order valence-corrected chi connectivity index (χ0v) is 18.1. The monoisotopic (exact) mass is 437 g/mol. The SMILES string of the molecule is c1cc(OCc2ccncc2)c2ccc(-c3nc4ccc(N5CCOCC5)cc4[nH]3)nc2c1. The van der Waals surface area contributed by atoms with Gasteiger partial charge in [0.2, 0.25) is 0 Å². The summed E-state index contributed by atoms with van der Waals surface area (Å²) in [6, 6.07) is 20.2. The van der Waals surface area contributed by atoms with E-state index >= 15 is 0 Å². The minimum absolute atomic E-state index is 0.485. The van der Waals surface area contributed by atoms with E-state index in [9.17, 15) is 0 Å². The minimum atomic E-state index is 0.485. The molecule has 0 unspecified atom stereocenters. The van der Waals surface area contributed by atoms with Crippen LogP contribution < -0.4 is 9.64 Å². The third-order valence-corrected chi connectivity index (χ3v) is 5.92. The Balaban J connectivity index is 1.29. The van der Waals surface area contributed by atoms with Crippen LogP contribution in [-0.4, -0.2) is 46.2 Å². The van der Waals surface area contributed by atoms with Crippen molar-refractivity contribution in [1.29, 1.82) is 0 Å². The molecule has 33 heavy (non-hydrogen) atoms. The largest absolute Gasteiger partial charge is 0.488 e. The quantitative estimate of drug-likeness (QED) is 0.433. The van der Waals surface area contributed by atoms with E-state index in [0.717, 1.165) is 71.1 Å². The van der Waals surface area contributed by atoms with E-state index in [2.05, 4.69) is 33.1 Å². The normalized spacial score (nSPS) is 14.1. The lowest BCUT2D eigenvalue weighted by atomic mass is 10.2. The number of ether oxygens (including phenoxy) is 2. The van der Waals surface area contributed by atoms with Gasteiger partial charge >= 0.3 is 0 Å². The highest BCUT2D eigenvalue weighted by Gasteiger charge is 2.14. The van der Waals surface area contributed by atoms with Gasteiger partial charge in [-0.2, -0.15) is 0 Å². The maximum absolute atomic E-state index is 6.06. The van der Waals surface area contributed by atoms with Gasteiger partial charge < -0.3 is 19.4 Å². The van der Waals surface area contributed by atoms with Gasteiger partial charge in [0, 0.05) is 36.6 Å². The molecule has 0 saturated carbocycles. The molecule has 1 aliphatic heterocycles. The lowest BCUT2D eigenvalue weighted by molar-refractivity contribution is 0.122. The molecule has 3 aromatic heterocycles. The first kappa shape index (κ1) is 19.7. The fourth-order valence-corrected chi connectivity index (χ4v) is 4.16. The number of pyridine rings is 2. The Morgan fingerprint density at radius 1 is 0.909 bits per heavy atom. The van der Waals surface area contributed by atoms with Crippen molar-refractivity contribution in [3.05, 3.63) is 78.6 Å². The Bertz CT molecular complexity index is 1410. The summed E-state index contributed by atoms with van der Waals surface area (Å²) in [5, 5.41) is 0.973. The molecular weight excluding hydrogens is 414 g/mol. The average Bonchev–Trinajstić information content (AvgIpc) is 3.32. The Hall–Kier alpha value is -3.97. The minimum Gasteiger partial charge on any atom is -0.488 e. The van der Waals surface area contributed by atoms with Gasteiger partial charge in [0.05, 0.1) is 29.8 Å². The molecule has 2 aromatic carbocycles. The maximum Gasteiger partial charge on any atom is 0.157 e. The second-order valence-electron chi connectivity index (χ2n) is 8.05. The Labute approximate surface area is 191 Å². The van der Waals surface area contributed by atoms with Crippen LogP contribution in [0.15, 0.2) is 73.1 Å². The summed E-state index contributed by atoms with van der Waals surface area (Å²) < 4.78 is 11.5. The number of imidazole rings is 1. The fraction of sp³-hybridized carbons (Fsp3) is 0.192. The highest BCUT2D eigenvalue weighted by atomic mass is 16.5. The molecule has 1 aliphatic rings. The third kappa shape index (κ3) is 3.99. The Morgan fingerprint density at radius 3 is 2.67 bits per heavy atom. The summed E-state index contributed by atoms with van der Waals surface area (Å²) in [5.41, 5.74) is 5.87. The van der Waals surface area contributed by atoms with E-state index in [1.54, 1.807) is 12.4 Å². The lowest BCUT2D eigenvalue weighted by Crippen LogP contribution is -2.36. The number of rotatable bonds is 5. The molecule has 164 valence electrons. The summed E-state index contributed by atoms with van der Waals surface area (Å²) in [4.78, 5) is 19.5. The molecule has 0 aliphatic carbocycles. The predicted molar refractivity (Wildman–Crippen MR) is 128 cm³/mol. The fourth-order valence-electron chi connectivity index (χ4n) is 4.16. The van der Waals surface area contributed by atoms with Gasteiger partial charge in [-0.3, -0.25) is 4.98 Å². The summed E-state index contributed by atoms with van der Waals surface area (Å²) in [6.07, 6.45) is 3.54. The second kappa shape index (κ2) is 8.52. The molecular formula is C26H23N5O2. The number of aromatic nitrogens is 4. The number of benzene rings is 2. The van der Waals surface area contributed by atoms with Crippen LogP contribution in [0.25, 0.3) is 33.5 Å². The van der Waals surface area contributed by atoms with E-state index in [-0.39, 0.29) is 0 Å². The Kier molecular flexibility index (Phi) is 5.08. The first-order valence-corrected chi connectivity index (χ1v) is 11.1. The molecule has 0 radical (unpaired) electrons. The molecule has 4 heterocycles. The van der Waals surface area contributed by atoms with Crippen molar-refractivity contribution in [2.75, 3.05) is 31.2 Å². The molecule has 1 saturated heterocycles. The number of anilines is 1. The molecule has 5 aromatic rings. The van der Waals surface area contributed by atoms with Crippen molar-refractivity contribution >= 4 is 27.6 Å². The summed E-state index contributed by atoms with van der Waals surface area (Å²) >= 11 is 0. The van der Waals surface area contributed by atoms with Crippen LogP contribution in [0.4, 0.5) is 5.69 Å². The number of hydrogen-bond donors (Lipinski definition) is 1. The predicted octanol–water partition coefficient (Wildman–Crippen LogP) is 4.59. The van der Waals surface area contributed by atoms with Gasteiger partial charge in [-0.1, -0.05) is 6.07 Å². The van der Waals surface area contributed by atoms with E-state index in [1.807, 2.05) is 42.5 Å². The van der Waals surface area contributed by atoms with Gasteiger partial charge in [-0.15, -0.1) is 0 Å². The highest BCUT2D eigenvalue weighted by molar-refractivity contribution is 5.88. The number of aromatic amines is 1. The van der Waals surface area contributed by atoms with Gasteiger partial charge in [-0.25, -0.2) is 9.97 Å². The van der Waals surface area contributed by atoms with Crippen LogP contribution >= 0.6 is 0 Å². The van der Waals surface area contributed by atoms with Crippen molar-refractivity contribution in [3.63, 3.8) is 0 Å². The molecule has 0 amide bonds. The van der Waals surface area contributed by atoms with Gasteiger partial charge in [0.1, 0.15) is 18.1 Å². The average molecular weight is 438 g/mol. The standard InChI is InChI=1S/C26H23N5O2/c1-2-21-20(25(3-1)33-17-18-8-10-27-11-9-18)5-7-23(28-21)26-29-22-6-4-19(16-24(22)30-26)31-12-14-32-15-13-31/h1-11,16H,12-15,17H2,(H,29,30). The number of H-pyrrole nitrogens is 1. The van der Waals surface area contributed by atoms with Crippen LogP contribution in [0.3, 0.4) is 0 Å². The number of hydrogen-bond acceptors (Lipinski definition) is 6. The first-order chi connectivity index (χ1) is 16.3. The van der Waals surface area contributed by atoms with Crippen LogP contribution in [0.1, 0.15) is 5.56 Å². The van der Waals surface area contributed by atoms with Crippen molar-refractivity contribution in [1.82, 2.24) is 19.9 Å². The first-order valence-electron chi connectivity index (χ1n) is 11.1. The Morgan fingerprint density at radius 2 is 1.79 bits per heavy atom. The van der Waals surface area contributed by atoms with Crippen LogP contribution in [0, 0.1) is 0 Å². The van der Waals surface area contributed by atoms with Crippen molar-refractivity contribution in [3.8, 4) is 17.3 Å². The number of morpholine rings is 1. The summed E-state index contributed by atoms with van der Waals surface area (Å²) in [5.74, 6) is 1.57. The maximum atomic E-state index is 6.06. The zero-order valence-electron chi connectivity index (χ0n) is 18.1. The molecule has 6 rings (SSSR count). The van der Waals surface area contributed by atoms with E-state index in [0.29, 0.717) is 6.61 Å². The molecule has 0 spiro atoms. The van der Waals surface area contributed by atoms with Crippen molar-refractivity contribution in [2.45, 2.75) is 6.61 Å². The van der Waals surface area contributed by atoms with Gasteiger partial charge in [0.25, 0.3) is 0 Å². The molecule has 0 bridgehead atoms. The summed E-state index contributed by atoms with van der Waals surface area (Å²) in [6.45, 7) is 3.83. The number of nitrogens with zero attached hydrogens (tertiary/aromatic N) is 4. The molecule has 7 heteroatoms. The van der Waals surface area contributed by atoms with Crippen LogP contribution in [0.5, 0.6) is 5.75 Å². The molecule has 0 atom stereocenters. The molecule has 7 nitrogen and oxygen atoms in total. The smallest absolute Gasteiger partial charge is 0.157 e. The molecule has 1 fully saturated rings. The summed E-state index contributed by atoms with van der Waals surface area (Å²) in [7, 11) is 0. The van der Waals surface area contributed by atoms with E-state index in [4.69, 9.17) is 19.4 Å². The van der Waals surface area contributed by atoms with Gasteiger partial charge in [-0.05, 0) is 60.2 Å². The second-order valence-corrected chi connectivity index (χ2v) is 8.05. The number of fused-ring (bicyclic) bond motifs is 2. The lowest BCUT2D eigenvalue weighted by Gasteiger charge is -2.28. The van der Waals surface area contributed by atoms with E-state index in [1.165, 1.54) is 5.69 Å².